The van der Waals surface area contributed by atoms with E-state index in [0.717, 1.165) is 22.6 Å². The molecule has 0 aliphatic carbocycles. The van der Waals surface area contributed by atoms with E-state index in [0.29, 0.717) is 0 Å². The molecular weight excluding hydrogens is 767 g/mol. The first-order chi connectivity index (χ1) is 30.7. The molecule has 0 aliphatic heterocycles. The predicted molar refractivity (Wildman–Crippen MR) is 268 cm³/mol. The highest BCUT2D eigenvalue weighted by molar-refractivity contribution is 7.26. The van der Waals surface area contributed by atoms with Gasteiger partial charge in [-0.3, -0.25) is 0 Å². The number of fused-ring (bicyclic) bond motifs is 7. The van der Waals surface area contributed by atoms with Crippen molar-refractivity contribution in [2.24, 2.45) is 0 Å². The Kier molecular flexibility index (Phi) is 8.76. The van der Waals surface area contributed by atoms with E-state index in [4.69, 9.17) is 0 Å². The molecule has 0 N–H and O–H groups in total. The minimum absolute atomic E-state index is 1.10. The first kappa shape index (κ1) is 36.1. The van der Waals surface area contributed by atoms with Crippen LogP contribution in [0.5, 0.6) is 0 Å². The van der Waals surface area contributed by atoms with Crippen molar-refractivity contribution in [1.29, 1.82) is 0 Å². The van der Waals surface area contributed by atoms with Gasteiger partial charge in [0.15, 0.2) is 0 Å². The van der Waals surface area contributed by atoms with E-state index in [1.165, 1.54) is 91.4 Å². The first-order valence-electron chi connectivity index (χ1n) is 21.2. The third-order valence-corrected chi connectivity index (χ3v) is 13.6. The number of hydrogen-bond donors (Lipinski definition) is 0. The van der Waals surface area contributed by atoms with E-state index in [1.807, 2.05) is 11.3 Å². The van der Waals surface area contributed by atoms with Crippen molar-refractivity contribution in [2.75, 3.05) is 4.90 Å². The van der Waals surface area contributed by atoms with Gasteiger partial charge in [0.05, 0.1) is 16.1 Å². The summed E-state index contributed by atoms with van der Waals surface area (Å²) in [5.74, 6) is 0. The average molecular weight is 806 g/mol. The van der Waals surface area contributed by atoms with Gasteiger partial charge in [0.1, 0.15) is 0 Å². The molecule has 2 heteroatoms. The predicted octanol–water partition coefficient (Wildman–Crippen LogP) is 17.7. The fourth-order valence-corrected chi connectivity index (χ4v) is 10.7. The van der Waals surface area contributed by atoms with Crippen molar-refractivity contribution in [2.45, 2.75) is 0 Å². The Morgan fingerprint density at radius 3 is 1.69 bits per heavy atom. The Hall–Kier alpha value is -7.78. The Balaban J connectivity index is 1.11. The zero-order chi connectivity index (χ0) is 41.0. The number of rotatable bonds is 7. The zero-order valence-corrected chi connectivity index (χ0v) is 34.7. The van der Waals surface area contributed by atoms with E-state index in [-0.39, 0.29) is 0 Å². The van der Waals surface area contributed by atoms with Gasteiger partial charge in [-0.2, -0.15) is 0 Å². The van der Waals surface area contributed by atoms with Gasteiger partial charge in [-0.15, -0.1) is 11.3 Å². The third-order valence-electron chi connectivity index (χ3n) is 12.4. The van der Waals surface area contributed by atoms with Crippen molar-refractivity contribution in [3.8, 4) is 44.5 Å². The normalized spacial score (nSPS) is 11.5. The summed E-state index contributed by atoms with van der Waals surface area (Å²) in [6.07, 6.45) is 0. The standard InChI is InChI=1S/C60H39NS/c1-3-17-40(18-4-1)44-33-34-57(54(36-44)41-19-5-2-6-20-41)61(58-32-16-31-53-56-37-42-21-7-8-22-43(42)39-59(56)62-60(53)58)47-25-15-24-45(35-47)48-27-11-12-29-51(48)55-38-46-23-9-10-26-49(46)50-28-13-14-30-52(50)55/h1-39H. The maximum absolute atomic E-state index is 2.51. The van der Waals surface area contributed by atoms with Crippen LogP contribution in [0.3, 0.4) is 0 Å². The molecule has 290 valence electrons. The van der Waals surface area contributed by atoms with E-state index < -0.39 is 0 Å². The summed E-state index contributed by atoms with van der Waals surface area (Å²) in [6.45, 7) is 0. The van der Waals surface area contributed by atoms with Gasteiger partial charge in [0.25, 0.3) is 0 Å². The summed E-state index contributed by atoms with van der Waals surface area (Å²) in [6, 6.07) is 86.8. The summed E-state index contributed by atoms with van der Waals surface area (Å²) in [5.41, 5.74) is 12.9. The number of thiophene rings is 1. The van der Waals surface area contributed by atoms with Crippen LogP contribution in [0, 0.1) is 0 Å². The largest absolute Gasteiger partial charge is 0.308 e. The summed E-state index contributed by atoms with van der Waals surface area (Å²) in [4.78, 5) is 2.51. The van der Waals surface area contributed by atoms with Gasteiger partial charge in [-0.05, 0) is 120 Å². The average Bonchev–Trinajstić information content (AvgIpc) is 3.72. The molecule has 0 spiro atoms. The van der Waals surface area contributed by atoms with Crippen LogP contribution in [0.2, 0.25) is 0 Å². The summed E-state index contributed by atoms with van der Waals surface area (Å²) < 4.78 is 2.55. The molecule has 0 saturated heterocycles. The summed E-state index contributed by atoms with van der Waals surface area (Å²) in [7, 11) is 0. The van der Waals surface area contributed by atoms with Gasteiger partial charge in [-0.25, -0.2) is 0 Å². The second-order valence-electron chi connectivity index (χ2n) is 16.0. The minimum atomic E-state index is 1.10. The van der Waals surface area contributed by atoms with Crippen molar-refractivity contribution in [3.63, 3.8) is 0 Å². The molecule has 0 bridgehead atoms. The second kappa shape index (κ2) is 15.0. The Bertz CT molecular complexity index is 3640. The van der Waals surface area contributed by atoms with Crippen LogP contribution in [-0.4, -0.2) is 0 Å². The van der Waals surface area contributed by atoms with E-state index >= 15 is 0 Å². The maximum Gasteiger partial charge on any atom is 0.0640 e. The quantitative estimate of drug-likeness (QED) is 0.145. The van der Waals surface area contributed by atoms with Crippen LogP contribution in [-0.2, 0) is 0 Å². The molecule has 0 amide bonds. The Labute approximate surface area is 365 Å². The van der Waals surface area contributed by atoms with Crippen LogP contribution >= 0.6 is 11.3 Å². The van der Waals surface area contributed by atoms with Gasteiger partial charge >= 0.3 is 0 Å². The monoisotopic (exact) mass is 805 g/mol. The molecule has 62 heavy (non-hydrogen) atoms. The fourth-order valence-electron chi connectivity index (χ4n) is 9.50. The molecule has 11 aromatic carbocycles. The van der Waals surface area contributed by atoms with Gasteiger partial charge in [0.2, 0.25) is 0 Å². The van der Waals surface area contributed by atoms with Gasteiger partial charge < -0.3 is 4.90 Å². The highest BCUT2D eigenvalue weighted by Crippen LogP contribution is 2.49. The van der Waals surface area contributed by atoms with Crippen LogP contribution in [0.15, 0.2) is 237 Å². The number of nitrogens with zero attached hydrogens (tertiary/aromatic N) is 1. The van der Waals surface area contributed by atoms with Gasteiger partial charge in [0, 0.05) is 26.7 Å². The number of anilines is 3. The topological polar surface area (TPSA) is 3.24 Å². The zero-order valence-electron chi connectivity index (χ0n) is 33.9. The van der Waals surface area contributed by atoms with Crippen LogP contribution < -0.4 is 4.90 Å². The van der Waals surface area contributed by atoms with Crippen molar-refractivity contribution < 1.29 is 0 Å². The third kappa shape index (κ3) is 6.15. The van der Waals surface area contributed by atoms with E-state index in [9.17, 15) is 0 Å². The lowest BCUT2D eigenvalue weighted by Crippen LogP contribution is -2.11. The van der Waals surface area contributed by atoms with Crippen LogP contribution in [0.4, 0.5) is 17.1 Å². The molecule has 1 heterocycles. The van der Waals surface area contributed by atoms with E-state index in [2.05, 4.69) is 241 Å². The fraction of sp³-hybridized carbons (Fsp3) is 0. The van der Waals surface area contributed by atoms with Crippen LogP contribution in [0.25, 0.3) is 97.0 Å². The molecule has 0 unspecified atom stereocenters. The smallest absolute Gasteiger partial charge is 0.0640 e. The minimum Gasteiger partial charge on any atom is -0.308 e. The molecule has 0 atom stereocenters. The lowest BCUT2D eigenvalue weighted by atomic mass is 9.89. The van der Waals surface area contributed by atoms with Crippen molar-refractivity contribution in [3.05, 3.63) is 237 Å². The second-order valence-corrected chi connectivity index (χ2v) is 17.1. The van der Waals surface area contributed by atoms with Crippen LogP contribution in [0.1, 0.15) is 0 Å². The molecule has 1 aromatic heterocycles. The lowest BCUT2D eigenvalue weighted by Gasteiger charge is -2.29. The molecule has 0 aliphatic rings. The van der Waals surface area contributed by atoms with Crippen molar-refractivity contribution >= 4 is 80.9 Å². The lowest BCUT2D eigenvalue weighted by molar-refractivity contribution is 1.30. The molecule has 0 saturated carbocycles. The van der Waals surface area contributed by atoms with Gasteiger partial charge in [-0.1, -0.05) is 188 Å². The number of hydrogen-bond acceptors (Lipinski definition) is 2. The summed E-state index contributed by atoms with van der Waals surface area (Å²) >= 11 is 1.88. The molecule has 12 rings (SSSR count). The Morgan fingerprint density at radius 2 is 0.887 bits per heavy atom. The highest BCUT2D eigenvalue weighted by Gasteiger charge is 2.23. The number of benzene rings is 11. The molecule has 1 nitrogen and oxygen atoms in total. The first-order valence-corrected chi connectivity index (χ1v) is 22.1. The Morgan fingerprint density at radius 1 is 0.274 bits per heavy atom. The SMILES string of the molecule is c1ccc(-c2ccc(N(c3cccc(-c4ccccc4-c4cc5ccccc5c5ccccc45)c3)c3cccc4c3sc3cc5ccccc5cc34)c(-c3ccccc3)c2)cc1. The molecule has 0 fully saturated rings. The molecular formula is C60H39NS. The maximum atomic E-state index is 2.51. The molecule has 0 radical (unpaired) electrons. The van der Waals surface area contributed by atoms with Crippen molar-refractivity contribution in [1.82, 2.24) is 0 Å². The highest BCUT2D eigenvalue weighted by atomic mass is 32.1. The summed E-state index contributed by atoms with van der Waals surface area (Å²) in [5, 5.41) is 10.1. The van der Waals surface area contributed by atoms with E-state index in [1.54, 1.807) is 0 Å². The molecule has 12 aromatic rings.